The number of rotatable bonds is 9. The average molecular weight is 229 g/mol. The monoisotopic (exact) mass is 229 g/mol. The smallest absolute Gasteiger partial charge is 0.374 e. The lowest BCUT2D eigenvalue weighted by atomic mass is 9.86. The maximum Gasteiger partial charge on any atom is 0.374 e. The molecule has 0 spiro atoms. The van der Waals surface area contributed by atoms with Crippen LogP contribution in [0.3, 0.4) is 0 Å². The van der Waals surface area contributed by atoms with Gasteiger partial charge in [0.05, 0.1) is 6.04 Å². The molecule has 0 aromatic carbocycles. The third kappa shape index (κ3) is 7.67. The van der Waals surface area contributed by atoms with E-state index >= 15 is 0 Å². The minimum absolute atomic E-state index is 0.0344. The summed E-state index contributed by atoms with van der Waals surface area (Å²) in [5.41, 5.74) is 0. The summed E-state index contributed by atoms with van der Waals surface area (Å²) in [4.78, 5) is 11.6. The first-order valence-corrected chi connectivity index (χ1v) is 5.98. The molecule has 6 heteroatoms. The van der Waals surface area contributed by atoms with Crippen LogP contribution >= 0.6 is 0 Å². The molecule has 1 atom stereocenters. The van der Waals surface area contributed by atoms with Crippen molar-refractivity contribution in [2.24, 2.45) is 0 Å². The van der Waals surface area contributed by atoms with E-state index in [2.05, 4.69) is 15.9 Å². The molecule has 1 amide bonds. The van der Waals surface area contributed by atoms with Crippen LogP contribution in [0.25, 0.3) is 0 Å². The molecular weight excluding hydrogens is 205 g/mol. The molecule has 0 heterocycles. The number of amides is 1. The molecule has 0 aromatic heterocycles. The number of nitrogens with one attached hydrogen (secondary N) is 3. The Bertz CT molecular complexity index is 191. The van der Waals surface area contributed by atoms with E-state index in [1.165, 1.54) is 0 Å². The second kappa shape index (κ2) is 9.63. The number of hydrogen-bond acceptors (Lipinski definition) is 4. The highest BCUT2D eigenvalue weighted by molar-refractivity contribution is 6.46. The molecule has 0 radical (unpaired) electrons. The second-order valence-corrected chi connectivity index (χ2v) is 3.89. The summed E-state index contributed by atoms with van der Waals surface area (Å²) in [6.07, 6.45) is 2.74. The quantitative estimate of drug-likeness (QED) is 0.320. The van der Waals surface area contributed by atoms with Gasteiger partial charge in [-0.25, -0.2) is 0 Å². The first kappa shape index (κ1) is 15.4. The van der Waals surface area contributed by atoms with Crippen molar-refractivity contribution in [3.63, 3.8) is 0 Å². The maximum atomic E-state index is 11.6. The van der Waals surface area contributed by atoms with Gasteiger partial charge in [0.25, 0.3) is 0 Å². The Hall–Kier alpha value is -0.585. The van der Waals surface area contributed by atoms with Crippen LogP contribution in [0.4, 0.5) is 0 Å². The number of unbranched alkanes of at least 4 members (excludes halogenated alkanes) is 1. The van der Waals surface area contributed by atoms with Gasteiger partial charge in [-0.15, -0.1) is 0 Å². The van der Waals surface area contributed by atoms with Crippen molar-refractivity contribution in [2.75, 3.05) is 20.1 Å². The Morgan fingerprint density at radius 3 is 2.62 bits per heavy atom. The van der Waals surface area contributed by atoms with Crippen molar-refractivity contribution in [2.45, 2.75) is 39.1 Å². The van der Waals surface area contributed by atoms with Gasteiger partial charge in [0.1, 0.15) is 0 Å². The van der Waals surface area contributed by atoms with E-state index in [0.29, 0.717) is 6.54 Å². The highest BCUT2D eigenvalue weighted by Gasteiger charge is 2.19. The Labute approximate surface area is 98.5 Å². The van der Waals surface area contributed by atoms with Gasteiger partial charge >= 0.3 is 7.05 Å². The van der Waals surface area contributed by atoms with E-state index in [-0.39, 0.29) is 11.9 Å². The molecule has 0 bridgehead atoms. The number of carbonyl (C=O) groups excluding carboxylic acids is 1. The Morgan fingerprint density at radius 2 is 2.12 bits per heavy atom. The molecule has 4 N–H and O–H groups in total. The van der Waals surface area contributed by atoms with Crippen LogP contribution in [0.2, 0.25) is 6.82 Å². The molecule has 0 aliphatic rings. The van der Waals surface area contributed by atoms with Crippen molar-refractivity contribution in [1.82, 2.24) is 15.9 Å². The molecule has 0 aliphatic carbocycles. The highest BCUT2D eigenvalue weighted by atomic mass is 16.2. The van der Waals surface area contributed by atoms with E-state index < -0.39 is 7.05 Å². The fraction of sp³-hybridized carbons (Fsp3) is 0.900. The lowest BCUT2D eigenvalue weighted by Gasteiger charge is -2.18. The van der Waals surface area contributed by atoms with E-state index in [1.54, 1.807) is 6.82 Å². The maximum absolute atomic E-state index is 11.6. The Kier molecular flexibility index (Phi) is 9.28. The Balaban J connectivity index is 3.94. The summed E-state index contributed by atoms with van der Waals surface area (Å²) in [7, 11) is 1.26. The third-order valence-electron chi connectivity index (χ3n) is 2.28. The summed E-state index contributed by atoms with van der Waals surface area (Å²) in [5, 5.41) is 17.9. The lowest BCUT2D eigenvalue weighted by Crippen LogP contribution is -2.49. The van der Waals surface area contributed by atoms with Gasteiger partial charge in [0, 0.05) is 6.54 Å². The van der Waals surface area contributed by atoms with Crippen LogP contribution in [0.1, 0.15) is 26.2 Å². The van der Waals surface area contributed by atoms with Crippen LogP contribution in [0.15, 0.2) is 0 Å². The molecule has 0 saturated carbocycles. The van der Waals surface area contributed by atoms with Gasteiger partial charge < -0.3 is 20.9 Å². The minimum Gasteiger partial charge on any atom is -0.437 e. The average Bonchev–Trinajstić information content (AvgIpc) is 2.22. The van der Waals surface area contributed by atoms with Crippen LogP contribution in [-0.2, 0) is 4.79 Å². The van der Waals surface area contributed by atoms with E-state index in [1.807, 2.05) is 14.0 Å². The van der Waals surface area contributed by atoms with Gasteiger partial charge in [-0.3, -0.25) is 4.79 Å². The lowest BCUT2D eigenvalue weighted by molar-refractivity contribution is -0.122. The van der Waals surface area contributed by atoms with Gasteiger partial charge in [0.2, 0.25) is 5.91 Å². The molecule has 94 valence electrons. The zero-order valence-electron chi connectivity index (χ0n) is 10.5. The Morgan fingerprint density at radius 1 is 1.44 bits per heavy atom. The molecule has 16 heavy (non-hydrogen) atoms. The van der Waals surface area contributed by atoms with Crippen LogP contribution in [-0.4, -0.2) is 44.2 Å². The molecule has 0 fully saturated rings. The molecule has 0 aromatic rings. The number of hydrogen-bond donors (Lipinski definition) is 4. The zero-order valence-corrected chi connectivity index (χ0v) is 10.5. The van der Waals surface area contributed by atoms with Gasteiger partial charge in [-0.2, -0.15) is 0 Å². The van der Waals surface area contributed by atoms with Crippen molar-refractivity contribution in [1.29, 1.82) is 0 Å². The molecule has 0 aliphatic heterocycles. The van der Waals surface area contributed by atoms with E-state index in [0.717, 1.165) is 25.8 Å². The molecule has 0 rings (SSSR count). The second-order valence-electron chi connectivity index (χ2n) is 3.89. The SMILES string of the molecule is CCNC(=O)C(CCCCNC)NB(C)O. The van der Waals surface area contributed by atoms with Crippen molar-refractivity contribution in [3.05, 3.63) is 0 Å². The van der Waals surface area contributed by atoms with Crippen LogP contribution in [0, 0.1) is 0 Å². The molecule has 5 nitrogen and oxygen atoms in total. The summed E-state index contributed by atoms with van der Waals surface area (Å²) < 4.78 is 0. The van der Waals surface area contributed by atoms with Crippen LogP contribution < -0.4 is 15.9 Å². The first-order chi connectivity index (χ1) is 7.61. The standard InChI is InChI=1S/C10H24BN3O2/c1-4-13-10(15)9(14-11(2)16)7-5-6-8-12-3/h9,12,14,16H,4-8H2,1-3H3,(H,13,15). The van der Waals surface area contributed by atoms with Crippen LogP contribution in [0.5, 0.6) is 0 Å². The van der Waals surface area contributed by atoms with Gasteiger partial charge in [-0.1, -0.05) is 6.42 Å². The summed E-state index contributed by atoms with van der Waals surface area (Å²) in [5.74, 6) is -0.0344. The topological polar surface area (TPSA) is 73.4 Å². The number of carbonyl (C=O) groups is 1. The van der Waals surface area contributed by atoms with Crippen molar-refractivity contribution in [3.8, 4) is 0 Å². The molecule has 0 saturated heterocycles. The largest absolute Gasteiger partial charge is 0.437 e. The predicted octanol–water partition coefficient (Wildman–Crippen LogP) is -0.419. The minimum atomic E-state index is -0.656. The fourth-order valence-corrected chi connectivity index (χ4v) is 1.53. The molecular formula is C10H24BN3O2. The van der Waals surface area contributed by atoms with E-state index in [4.69, 9.17) is 0 Å². The van der Waals surface area contributed by atoms with Gasteiger partial charge in [-0.05, 0) is 40.2 Å². The number of likely N-dealkylation sites (N-methyl/N-ethyl adjacent to an activating group) is 1. The first-order valence-electron chi connectivity index (χ1n) is 5.98. The normalized spacial score (nSPS) is 12.2. The highest BCUT2D eigenvalue weighted by Crippen LogP contribution is 2.01. The van der Waals surface area contributed by atoms with Crippen molar-refractivity contribution < 1.29 is 9.82 Å². The molecule has 1 unspecified atom stereocenters. The zero-order chi connectivity index (χ0) is 12.4. The van der Waals surface area contributed by atoms with Crippen molar-refractivity contribution >= 4 is 13.0 Å². The van der Waals surface area contributed by atoms with E-state index in [9.17, 15) is 9.82 Å². The van der Waals surface area contributed by atoms with Gasteiger partial charge in [0.15, 0.2) is 0 Å². The summed E-state index contributed by atoms with van der Waals surface area (Å²) >= 11 is 0. The summed E-state index contributed by atoms with van der Waals surface area (Å²) in [6.45, 7) is 5.09. The predicted molar refractivity (Wildman–Crippen MR) is 67.2 cm³/mol. The summed E-state index contributed by atoms with van der Waals surface area (Å²) in [6, 6.07) is -0.295. The fourth-order valence-electron chi connectivity index (χ4n) is 1.53. The third-order valence-corrected chi connectivity index (χ3v) is 2.28.